The van der Waals surface area contributed by atoms with Crippen LogP contribution in [0.4, 0.5) is 10.5 Å². The molecule has 4 aliphatic rings. The highest BCUT2D eigenvalue weighted by Crippen LogP contribution is 2.49. The molecule has 1 aromatic rings. The van der Waals surface area contributed by atoms with E-state index < -0.39 is 5.79 Å². The number of amides is 3. The van der Waals surface area contributed by atoms with Crippen LogP contribution < -0.4 is 4.90 Å². The summed E-state index contributed by atoms with van der Waals surface area (Å²) in [5, 5.41) is 0. The monoisotopic (exact) mass is 342 g/mol. The highest BCUT2D eigenvalue weighted by atomic mass is 16.7. The molecule has 3 heterocycles. The van der Waals surface area contributed by atoms with Gasteiger partial charge in [0.25, 0.3) is 5.91 Å². The Kier molecular flexibility index (Phi) is 3.10. The van der Waals surface area contributed by atoms with Crippen LogP contribution in [0.25, 0.3) is 0 Å². The van der Waals surface area contributed by atoms with Gasteiger partial charge in [0.05, 0.1) is 17.9 Å². The van der Waals surface area contributed by atoms with Crippen LogP contribution in [0.15, 0.2) is 30.3 Å². The average Bonchev–Trinajstić information content (AvgIpc) is 3.15. The van der Waals surface area contributed by atoms with Crippen molar-refractivity contribution in [1.29, 1.82) is 0 Å². The molecule has 0 radical (unpaired) electrons. The summed E-state index contributed by atoms with van der Waals surface area (Å²) < 4.78 is 12.0. The normalized spacial score (nSPS) is 38.7. The number of imide groups is 1. The molecule has 1 aliphatic carbocycles. The van der Waals surface area contributed by atoms with Crippen LogP contribution in [-0.4, -0.2) is 47.4 Å². The summed E-state index contributed by atoms with van der Waals surface area (Å²) in [5.41, 5.74) is 0.652. The third-order valence-electron chi connectivity index (χ3n) is 6.03. The molecule has 4 fully saturated rings. The van der Waals surface area contributed by atoms with Crippen molar-refractivity contribution >= 4 is 17.6 Å². The number of para-hydroxylation sites is 1. The minimum atomic E-state index is -0.556. The Morgan fingerprint density at radius 2 is 1.72 bits per heavy atom. The molecular formula is C19H22N2O4. The van der Waals surface area contributed by atoms with Crippen LogP contribution in [0, 0.1) is 11.8 Å². The van der Waals surface area contributed by atoms with Gasteiger partial charge in [-0.05, 0) is 50.7 Å². The summed E-state index contributed by atoms with van der Waals surface area (Å²) in [5.74, 6) is -0.182. The molecule has 0 aromatic heterocycles. The van der Waals surface area contributed by atoms with Crippen LogP contribution in [-0.2, 0) is 14.3 Å². The zero-order chi connectivity index (χ0) is 17.3. The predicted molar refractivity (Wildman–Crippen MR) is 89.9 cm³/mol. The van der Waals surface area contributed by atoms with Gasteiger partial charge in [-0.1, -0.05) is 18.2 Å². The Hall–Kier alpha value is -1.92. The fraction of sp³-hybridized carbons (Fsp3) is 0.579. The molecule has 1 saturated carbocycles. The van der Waals surface area contributed by atoms with Crippen LogP contribution in [0.1, 0.15) is 26.7 Å². The standard InChI is InChI=1S/C19H22N2O4/c1-19(2)24-14-8-11-10-20-16(13(11)9-15(14)25-19)17(22)21(18(20)23)12-6-4-3-5-7-12/h3-7,11,13-16H,8-10H2,1-2H3/t11-,13-,14+,15-,16-/m1/s1. The Labute approximate surface area is 146 Å². The quantitative estimate of drug-likeness (QED) is 0.735. The molecule has 1 aromatic carbocycles. The fourth-order valence-electron chi connectivity index (χ4n) is 5.12. The van der Waals surface area contributed by atoms with Crippen molar-refractivity contribution in [1.82, 2.24) is 4.90 Å². The molecule has 6 heteroatoms. The van der Waals surface area contributed by atoms with Crippen molar-refractivity contribution in [2.24, 2.45) is 11.8 Å². The number of nitrogens with zero attached hydrogens (tertiary/aromatic N) is 2. The molecule has 25 heavy (non-hydrogen) atoms. The van der Waals surface area contributed by atoms with E-state index in [0.717, 1.165) is 12.8 Å². The lowest BCUT2D eigenvalue weighted by Gasteiger charge is -2.33. The summed E-state index contributed by atoms with van der Waals surface area (Å²) in [4.78, 5) is 29.0. The summed E-state index contributed by atoms with van der Waals surface area (Å²) >= 11 is 0. The highest BCUT2D eigenvalue weighted by Gasteiger charge is 2.60. The number of fused-ring (bicyclic) bond motifs is 4. The van der Waals surface area contributed by atoms with E-state index in [1.54, 1.807) is 4.90 Å². The molecule has 0 unspecified atom stereocenters. The zero-order valence-corrected chi connectivity index (χ0v) is 14.4. The molecule has 132 valence electrons. The Morgan fingerprint density at radius 1 is 1.04 bits per heavy atom. The molecule has 0 N–H and O–H groups in total. The number of carbonyl (C=O) groups excluding carboxylic acids is 2. The van der Waals surface area contributed by atoms with Crippen molar-refractivity contribution in [2.45, 2.75) is 50.7 Å². The molecule has 5 atom stereocenters. The average molecular weight is 342 g/mol. The minimum absolute atomic E-state index is 0.0184. The van der Waals surface area contributed by atoms with Crippen LogP contribution >= 0.6 is 0 Å². The van der Waals surface area contributed by atoms with Crippen molar-refractivity contribution in [2.75, 3.05) is 11.4 Å². The first-order valence-electron chi connectivity index (χ1n) is 9.00. The molecular weight excluding hydrogens is 320 g/mol. The third kappa shape index (κ3) is 2.17. The Balaban J connectivity index is 1.42. The number of hydrogen-bond acceptors (Lipinski definition) is 4. The SMILES string of the molecule is CC1(C)O[C@H]2C[C@@H]3CN4C(=O)N(c5ccccc5)C(=O)[C@H]4[C@@H]3C[C@H]2O1. The number of carbonyl (C=O) groups is 2. The van der Waals surface area contributed by atoms with Gasteiger partial charge in [-0.3, -0.25) is 4.79 Å². The van der Waals surface area contributed by atoms with Crippen molar-refractivity contribution in [3.8, 4) is 0 Å². The number of benzene rings is 1. The number of ether oxygens (including phenoxy) is 2. The molecule has 3 saturated heterocycles. The molecule has 3 aliphatic heterocycles. The van der Waals surface area contributed by atoms with Gasteiger partial charge in [0.15, 0.2) is 5.79 Å². The second-order valence-corrected chi connectivity index (χ2v) is 8.00. The van der Waals surface area contributed by atoms with Crippen molar-refractivity contribution < 1.29 is 19.1 Å². The smallest absolute Gasteiger partial charge is 0.332 e. The maximum atomic E-state index is 13.1. The molecule has 3 amide bonds. The second-order valence-electron chi connectivity index (χ2n) is 8.00. The molecule has 0 bridgehead atoms. The molecule has 5 rings (SSSR count). The maximum absolute atomic E-state index is 13.1. The lowest BCUT2D eigenvalue weighted by molar-refractivity contribution is -0.146. The van der Waals surface area contributed by atoms with Gasteiger partial charge in [-0.15, -0.1) is 0 Å². The number of urea groups is 1. The van der Waals surface area contributed by atoms with Crippen LogP contribution in [0.3, 0.4) is 0 Å². The first-order valence-corrected chi connectivity index (χ1v) is 9.00. The fourth-order valence-corrected chi connectivity index (χ4v) is 5.12. The lowest BCUT2D eigenvalue weighted by Crippen LogP contribution is -2.42. The summed E-state index contributed by atoms with van der Waals surface area (Å²) in [7, 11) is 0. The lowest BCUT2D eigenvalue weighted by atomic mass is 9.75. The molecule has 6 nitrogen and oxygen atoms in total. The highest BCUT2D eigenvalue weighted by molar-refractivity contribution is 6.21. The van der Waals surface area contributed by atoms with Gasteiger partial charge >= 0.3 is 6.03 Å². The van der Waals surface area contributed by atoms with Gasteiger partial charge in [0.2, 0.25) is 0 Å². The van der Waals surface area contributed by atoms with E-state index in [1.807, 2.05) is 44.2 Å². The molecule has 0 spiro atoms. The van der Waals surface area contributed by atoms with Gasteiger partial charge < -0.3 is 14.4 Å². The summed E-state index contributed by atoms with van der Waals surface area (Å²) in [6, 6.07) is 8.64. The number of hydrogen-bond donors (Lipinski definition) is 0. The topological polar surface area (TPSA) is 59.1 Å². The second kappa shape index (κ2) is 5.05. The van der Waals surface area contributed by atoms with Gasteiger partial charge in [0.1, 0.15) is 6.04 Å². The largest absolute Gasteiger partial charge is 0.345 e. The predicted octanol–water partition coefficient (Wildman–Crippen LogP) is 2.38. The Bertz CT molecular complexity index is 734. The number of anilines is 1. The first kappa shape index (κ1) is 15.3. The first-order chi connectivity index (χ1) is 11.9. The van der Waals surface area contributed by atoms with E-state index in [-0.39, 0.29) is 36.1 Å². The van der Waals surface area contributed by atoms with E-state index in [9.17, 15) is 9.59 Å². The van der Waals surface area contributed by atoms with E-state index in [2.05, 4.69) is 0 Å². The summed E-state index contributed by atoms with van der Waals surface area (Å²) in [6.45, 7) is 4.51. The van der Waals surface area contributed by atoms with Gasteiger partial charge in [0, 0.05) is 6.54 Å². The van der Waals surface area contributed by atoms with E-state index in [0.29, 0.717) is 18.2 Å². The minimum Gasteiger partial charge on any atom is -0.345 e. The van der Waals surface area contributed by atoms with E-state index in [4.69, 9.17) is 9.47 Å². The van der Waals surface area contributed by atoms with Gasteiger partial charge in [-0.25, -0.2) is 9.69 Å². The maximum Gasteiger partial charge on any atom is 0.332 e. The van der Waals surface area contributed by atoms with E-state index in [1.165, 1.54) is 4.90 Å². The van der Waals surface area contributed by atoms with Crippen molar-refractivity contribution in [3.63, 3.8) is 0 Å². The van der Waals surface area contributed by atoms with E-state index >= 15 is 0 Å². The van der Waals surface area contributed by atoms with Gasteiger partial charge in [-0.2, -0.15) is 0 Å². The zero-order valence-electron chi connectivity index (χ0n) is 14.4. The van der Waals surface area contributed by atoms with Crippen LogP contribution in [0.2, 0.25) is 0 Å². The van der Waals surface area contributed by atoms with Crippen LogP contribution in [0.5, 0.6) is 0 Å². The Morgan fingerprint density at radius 3 is 2.44 bits per heavy atom. The third-order valence-corrected chi connectivity index (χ3v) is 6.03. The van der Waals surface area contributed by atoms with Crippen molar-refractivity contribution in [3.05, 3.63) is 30.3 Å². The summed E-state index contributed by atoms with van der Waals surface area (Å²) in [6.07, 6.45) is 1.73. The number of rotatable bonds is 1.